The molecule has 0 aromatic heterocycles. The summed E-state index contributed by atoms with van der Waals surface area (Å²) in [4.78, 5) is 13.4. The summed E-state index contributed by atoms with van der Waals surface area (Å²) in [6.45, 7) is 3.32. The second-order valence-corrected chi connectivity index (χ2v) is 5.60. The van der Waals surface area contributed by atoms with E-state index in [9.17, 15) is 9.90 Å². The fraction of sp³-hybridized carbons (Fsp3) is 0.500. The third-order valence-electron chi connectivity index (χ3n) is 2.55. The molecular weight excluding hydrogens is 260 g/mol. The van der Waals surface area contributed by atoms with Gasteiger partial charge in [-0.2, -0.15) is 11.8 Å². The van der Waals surface area contributed by atoms with Crippen LogP contribution in [0.2, 0.25) is 0 Å². The van der Waals surface area contributed by atoms with Crippen LogP contribution in [0.25, 0.3) is 0 Å². The minimum absolute atomic E-state index is 0.0829. The molecule has 0 bridgehead atoms. The zero-order chi connectivity index (χ0) is 14.1. The summed E-state index contributed by atoms with van der Waals surface area (Å²) in [6.07, 6.45) is 1.16. The lowest BCUT2D eigenvalue weighted by Crippen LogP contribution is -2.37. The highest BCUT2D eigenvalue weighted by atomic mass is 32.2. The van der Waals surface area contributed by atoms with Gasteiger partial charge in [-0.3, -0.25) is 0 Å². The van der Waals surface area contributed by atoms with Crippen molar-refractivity contribution in [2.45, 2.75) is 19.9 Å². The lowest BCUT2D eigenvalue weighted by atomic mass is 10.2. The van der Waals surface area contributed by atoms with Gasteiger partial charge in [-0.05, 0) is 29.9 Å². The van der Waals surface area contributed by atoms with Gasteiger partial charge in [-0.1, -0.05) is 19.1 Å². The van der Waals surface area contributed by atoms with Crippen molar-refractivity contribution >= 4 is 17.8 Å². The smallest absolute Gasteiger partial charge is 0.317 e. The normalized spacial score (nSPS) is 10.2. The van der Waals surface area contributed by atoms with E-state index < -0.39 is 0 Å². The molecule has 0 spiro atoms. The third-order valence-corrected chi connectivity index (χ3v) is 3.74. The average molecular weight is 282 g/mol. The van der Waals surface area contributed by atoms with Crippen LogP contribution in [-0.2, 0) is 6.54 Å². The number of rotatable bonds is 7. The monoisotopic (exact) mass is 282 g/mol. The van der Waals surface area contributed by atoms with Gasteiger partial charge in [0.25, 0.3) is 0 Å². The van der Waals surface area contributed by atoms with Crippen molar-refractivity contribution in [1.29, 1.82) is 0 Å². The Morgan fingerprint density at radius 3 is 2.89 bits per heavy atom. The number of thioether (sulfide) groups is 1. The van der Waals surface area contributed by atoms with Crippen LogP contribution in [0.5, 0.6) is 5.75 Å². The van der Waals surface area contributed by atoms with E-state index in [-0.39, 0.29) is 11.8 Å². The van der Waals surface area contributed by atoms with E-state index in [0.717, 1.165) is 23.5 Å². The topological polar surface area (TPSA) is 52.6 Å². The molecule has 5 heteroatoms. The van der Waals surface area contributed by atoms with E-state index in [4.69, 9.17) is 0 Å². The molecule has 19 heavy (non-hydrogen) atoms. The Labute approximate surface area is 119 Å². The molecule has 2 amide bonds. The summed E-state index contributed by atoms with van der Waals surface area (Å²) in [5.41, 5.74) is 0.915. The number of phenols is 1. The summed E-state index contributed by atoms with van der Waals surface area (Å²) in [6, 6.07) is 6.87. The van der Waals surface area contributed by atoms with Crippen LogP contribution >= 0.6 is 11.8 Å². The zero-order valence-electron chi connectivity index (χ0n) is 11.6. The number of amides is 2. The van der Waals surface area contributed by atoms with Gasteiger partial charge in [0.2, 0.25) is 0 Å². The van der Waals surface area contributed by atoms with Gasteiger partial charge in [-0.25, -0.2) is 4.79 Å². The third kappa shape index (κ3) is 6.38. The number of nitrogens with zero attached hydrogens (tertiary/aromatic N) is 1. The van der Waals surface area contributed by atoms with Crippen molar-refractivity contribution in [2.75, 3.05) is 25.1 Å². The summed E-state index contributed by atoms with van der Waals surface area (Å²) in [5, 5.41) is 12.2. The van der Waals surface area contributed by atoms with Gasteiger partial charge in [0.15, 0.2) is 0 Å². The number of benzene rings is 1. The zero-order valence-corrected chi connectivity index (χ0v) is 12.4. The number of hydrogen-bond donors (Lipinski definition) is 2. The molecule has 0 atom stereocenters. The van der Waals surface area contributed by atoms with Crippen molar-refractivity contribution in [3.63, 3.8) is 0 Å². The standard InChI is InChI=1S/C14H22N2O2S/c1-3-8-19-9-7-15-14(18)16(2)11-12-5-4-6-13(17)10-12/h4-6,10,17H,3,7-9,11H2,1-2H3,(H,15,18). The second-order valence-electron chi connectivity index (χ2n) is 4.37. The van der Waals surface area contributed by atoms with E-state index in [0.29, 0.717) is 13.1 Å². The number of phenolic OH excluding ortho intramolecular Hbond substituents is 1. The summed E-state index contributed by atoms with van der Waals surface area (Å²) in [7, 11) is 1.75. The molecule has 1 aromatic rings. The van der Waals surface area contributed by atoms with Crippen LogP contribution in [0, 0.1) is 0 Å². The van der Waals surface area contributed by atoms with Crippen molar-refractivity contribution in [3.8, 4) is 5.75 Å². The molecular formula is C14H22N2O2S. The van der Waals surface area contributed by atoms with Gasteiger partial charge in [0, 0.05) is 25.9 Å². The average Bonchev–Trinajstić information content (AvgIpc) is 2.38. The lowest BCUT2D eigenvalue weighted by Gasteiger charge is -2.18. The molecule has 0 aliphatic carbocycles. The first-order valence-corrected chi connectivity index (χ1v) is 7.63. The molecule has 1 aromatic carbocycles. The van der Waals surface area contributed by atoms with Crippen LogP contribution in [0.1, 0.15) is 18.9 Å². The first-order valence-electron chi connectivity index (χ1n) is 6.48. The number of aromatic hydroxyl groups is 1. The quantitative estimate of drug-likeness (QED) is 0.756. The van der Waals surface area contributed by atoms with E-state index in [1.807, 2.05) is 17.8 Å². The van der Waals surface area contributed by atoms with Gasteiger partial charge < -0.3 is 15.3 Å². The van der Waals surface area contributed by atoms with E-state index in [2.05, 4.69) is 12.2 Å². The van der Waals surface area contributed by atoms with Crippen LogP contribution in [-0.4, -0.2) is 41.1 Å². The maximum absolute atomic E-state index is 11.8. The Morgan fingerprint density at radius 1 is 1.42 bits per heavy atom. The van der Waals surface area contributed by atoms with Gasteiger partial charge in [0.05, 0.1) is 0 Å². The summed E-state index contributed by atoms with van der Waals surface area (Å²) >= 11 is 1.85. The Hall–Kier alpha value is -1.36. The molecule has 4 nitrogen and oxygen atoms in total. The fourth-order valence-corrected chi connectivity index (χ4v) is 2.35. The van der Waals surface area contributed by atoms with Crippen molar-refractivity contribution in [1.82, 2.24) is 10.2 Å². The lowest BCUT2D eigenvalue weighted by molar-refractivity contribution is 0.207. The molecule has 106 valence electrons. The van der Waals surface area contributed by atoms with Gasteiger partial charge in [0.1, 0.15) is 5.75 Å². The number of carbonyl (C=O) groups excluding carboxylic acids is 1. The highest BCUT2D eigenvalue weighted by molar-refractivity contribution is 7.99. The number of urea groups is 1. The molecule has 0 saturated heterocycles. The molecule has 0 aliphatic heterocycles. The molecule has 1 rings (SSSR count). The van der Waals surface area contributed by atoms with E-state index in [1.54, 1.807) is 30.1 Å². The number of hydrogen-bond acceptors (Lipinski definition) is 3. The minimum atomic E-state index is -0.0829. The highest BCUT2D eigenvalue weighted by Gasteiger charge is 2.08. The van der Waals surface area contributed by atoms with Crippen LogP contribution in [0.4, 0.5) is 4.79 Å². The Balaban J connectivity index is 2.28. The molecule has 0 fully saturated rings. The summed E-state index contributed by atoms with van der Waals surface area (Å²) < 4.78 is 0. The van der Waals surface area contributed by atoms with Crippen LogP contribution in [0.3, 0.4) is 0 Å². The Bertz CT molecular complexity index is 399. The van der Waals surface area contributed by atoms with Crippen LogP contribution < -0.4 is 5.32 Å². The molecule has 0 radical (unpaired) electrons. The maximum atomic E-state index is 11.8. The molecule has 0 saturated carbocycles. The largest absolute Gasteiger partial charge is 0.508 e. The van der Waals surface area contributed by atoms with Gasteiger partial charge >= 0.3 is 6.03 Å². The predicted octanol–water partition coefficient (Wildman–Crippen LogP) is 2.68. The second kappa shape index (κ2) is 8.69. The van der Waals surface area contributed by atoms with Crippen molar-refractivity contribution in [3.05, 3.63) is 29.8 Å². The van der Waals surface area contributed by atoms with Crippen LogP contribution in [0.15, 0.2) is 24.3 Å². The molecule has 0 heterocycles. The first-order chi connectivity index (χ1) is 9.13. The van der Waals surface area contributed by atoms with Crippen molar-refractivity contribution < 1.29 is 9.90 Å². The fourth-order valence-electron chi connectivity index (χ4n) is 1.61. The van der Waals surface area contributed by atoms with E-state index in [1.165, 1.54) is 0 Å². The Morgan fingerprint density at radius 2 is 2.21 bits per heavy atom. The maximum Gasteiger partial charge on any atom is 0.317 e. The van der Waals surface area contributed by atoms with E-state index >= 15 is 0 Å². The first kappa shape index (κ1) is 15.7. The highest BCUT2D eigenvalue weighted by Crippen LogP contribution is 2.12. The molecule has 0 aliphatic rings. The number of nitrogens with one attached hydrogen (secondary N) is 1. The summed E-state index contributed by atoms with van der Waals surface area (Å²) in [5.74, 6) is 2.30. The molecule has 0 unspecified atom stereocenters. The predicted molar refractivity (Wildman–Crippen MR) is 80.6 cm³/mol. The van der Waals surface area contributed by atoms with Crippen molar-refractivity contribution in [2.24, 2.45) is 0 Å². The van der Waals surface area contributed by atoms with Gasteiger partial charge in [-0.15, -0.1) is 0 Å². The minimum Gasteiger partial charge on any atom is -0.508 e. The SMILES string of the molecule is CCCSCCNC(=O)N(C)Cc1cccc(O)c1. The Kier molecular flexibility index (Phi) is 7.18. The number of carbonyl (C=O) groups is 1. The molecule has 2 N–H and O–H groups in total.